The number of ether oxygens (including phenoxy) is 1. The van der Waals surface area contributed by atoms with Crippen molar-refractivity contribution in [3.05, 3.63) is 16.7 Å². The quantitative estimate of drug-likeness (QED) is 0.746. The number of rotatable bonds is 1. The smallest absolute Gasteiger partial charge is 0.225 e. The predicted octanol–water partition coefficient (Wildman–Crippen LogP) is 2.57. The Hall–Kier alpha value is -0.910. The fourth-order valence-electron chi connectivity index (χ4n) is 2.08. The Kier molecular flexibility index (Phi) is 2.90. The summed E-state index contributed by atoms with van der Waals surface area (Å²) in [6, 6.07) is 2.37. The molecule has 3 heterocycles. The first-order chi connectivity index (χ1) is 8.25. The van der Waals surface area contributed by atoms with Crippen molar-refractivity contribution in [3.63, 3.8) is 0 Å². The van der Waals surface area contributed by atoms with Gasteiger partial charge in [0.2, 0.25) is 5.28 Å². The Labute approximate surface area is 108 Å². The third-order valence-corrected chi connectivity index (χ3v) is 3.89. The summed E-state index contributed by atoms with van der Waals surface area (Å²) < 4.78 is 5.44. The Bertz CT molecular complexity index is 544. The van der Waals surface area contributed by atoms with Gasteiger partial charge >= 0.3 is 0 Å². The summed E-state index contributed by atoms with van der Waals surface area (Å²) in [6.07, 6.45) is 0. The fraction of sp³-hybridized carbons (Fsp3) is 0.455. The first-order valence-electron chi connectivity index (χ1n) is 5.51. The molecule has 0 aliphatic carbocycles. The topological polar surface area (TPSA) is 38.2 Å². The largest absolute Gasteiger partial charge is 0.377 e. The van der Waals surface area contributed by atoms with Crippen LogP contribution in [0.3, 0.4) is 0 Å². The van der Waals surface area contributed by atoms with E-state index in [2.05, 4.69) is 21.8 Å². The van der Waals surface area contributed by atoms with Gasteiger partial charge in [-0.15, -0.1) is 11.3 Å². The van der Waals surface area contributed by atoms with E-state index in [0.29, 0.717) is 11.3 Å². The van der Waals surface area contributed by atoms with E-state index < -0.39 is 0 Å². The van der Waals surface area contributed by atoms with Gasteiger partial charge in [-0.05, 0) is 30.0 Å². The van der Waals surface area contributed by atoms with Crippen molar-refractivity contribution >= 4 is 39.0 Å². The summed E-state index contributed by atoms with van der Waals surface area (Å²) in [5.41, 5.74) is 0. The lowest BCUT2D eigenvalue weighted by atomic mass is 10.2. The standard InChI is InChI=1S/C11H12ClN3OS/c1-7-6-16-4-3-15(7)9-8-2-5-17-10(8)14-11(12)13-9/h2,5,7H,3-4,6H2,1H3/t7-/m0/s1. The second kappa shape index (κ2) is 4.40. The van der Waals surface area contributed by atoms with Crippen molar-refractivity contribution in [2.24, 2.45) is 0 Å². The SMILES string of the molecule is C[C@H]1COCCN1c1nc(Cl)nc2sccc12. The van der Waals surface area contributed by atoms with Gasteiger partial charge in [0.1, 0.15) is 10.6 Å². The van der Waals surface area contributed by atoms with Crippen LogP contribution in [0, 0.1) is 0 Å². The summed E-state index contributed by atoms with van der Waals surface area (Å²) in [5.74, 6) is 0.928. The van der Waals surface area contributed by atoms with Crippen LogP contribution in [0.5, 0.6) is 0 Å². The van der Waals surface area contributed by atoms with Crippen molar-refractivity contribution < 1.29 is 4.74 Å². The van der Waals surface area contributed by atoms with E-state index in [9.17, 15) is 0 Å². The molecular weight excluding hydrogens is 258 g/mol. The van der Waals surface area contributed by atoms with Gasteiger partial charge < -0.3 is 9.64 Å². The second-order valence-electron chi connectivity index (χ2n) is 4.07. The highest BCUT2D eigenvalue weighted by Gasteiger charge is 2.23. The normalized spacial score (nSPS) is 21.1. The van der Waals surface area contributed by atoms with Crippen LogP contribution in [0.15, 0.2) is 11.4 Å². The van der Waals surface area contributed by atoms with E-state index in [-0.39, 0.29) is 0 Å². The summed E-state index contributed by atoms with van der Waals surface area (Å²) in [5, 5.41) is 3.41. The highest BCUT2D eigenvalue weighted by molar-refractivity contribution is 7.16. The monoisotopic (exact) mass is 269 g/mol. The molecule has 2 aromatic rings. The average molecular weight is 270 g/mol. The van der Waals surface area contributed by atoms with Gasteiger partial charge in [0, 0.05) is 6.54 Å². The number of morpholine rings is 1. The maximum Gasteiger partial charge on any atom is 0.225 e. The molecule has 1 aliphatic heterocycles. The molecule has 0 radical (unpaired) electrons. The minimum atomic E-state index is 0.314. The van der Waals surface area contributed by atoms with Crippen molar-refractivity contribution in [1.29, 1.82) is 0 Å². The number of anilines is 1. The van der Waals surface area contributed by atoms with Crippen molar-refractivity contribution in [3.8, 4) is 0 Å². The molecule has 0 spiro atoms. The lowest BCUT2D eigenvalue weighted by Crippen LogP contribution is -2.44. The van der Waals surface area contributed by atoms with E-state index >= 15 is 0 Å². The third-order valence-electron chi connectivity index (χ3n) is 2.92. The van der Waals surface area contributed by atoms with E-state index in [1.165, 1.54) is 0 Å². The molecular formula is C11H12ClN3OS. The van der Waals surface area contributed by atoms with E-state index in [1.807, 2.05) is 11.4 Å². The van der Waals surface area contributed by atoms with Gasteiger partial charge in [0.05, 0.1) is 24.6 Å². The summed E-state index contributed by atoms with van der Waals surface area (Å²) in [4.78, 5) is 11.8. The van der Waals surface area contributed by atoms with Crippen LogP contribution in [0.4, 0.5) is 5.82 Å². The highest BCUT2D eigenvalue weighted by Crippen LogP contribution is 2.30. The van der Waals surface area contributed by atoms with Crippen molar-refractivity contribution in [2.45, 2.75) is 13.0 Å². The Morgan fingerprint density at radius 1 is 1.53 bits per heavy atom. The predicted molar refractivity (Wildman–Crippen MR) is 70.1 cm³/mol. The van der Waals surface area contributed by atoms with Crippen LogP contribution in [0.25, 0.3) is 10.2 Å². The molecule has 0 bridgehead atoms. The Morgan fingerprint density at radius 3 is 3.24 bits per heavy atom. The molecule has 0 saturated carbocycles. The summed E-state index contributed by atoms with van der Waals surface area (Å²) in [7, 11) is 0. The molecule has 0 N–H and O–H groups in total. The van der Waals surface area contributed by atoms with Crippen molar-refractivity contribution in [1.82, 2.24) is 9.97 Å². The molecule has 0 amide bonds. The fourth-order valence-corrected chi connectivity index (χ4v) is 3.05. The molecule has 17 heavy (non-hydrogen) atoms. The lowest BCUT2D eigenvalue weighted by Gasteiger charge is -2.34. The van der Waals surface area contributed by atoms with E-state index in [1.54, 1.807) is 11.3 Å². The second-order valence-corrected chi connectivity index (χ2v) is 5.31. The minimum Gasteiger partial charge on any atom is -0.377 e. The molecule has 3 rings (SSSR count). The molecule has 1 atom stereocenters. The number of fused-ring (bicyclic) bond motifs is 1. The van der Waals surface area contributed by atoms with Crippen LogP contribution in [-0.2, 0) is 4.74 Å². The number of halogens is 1. The van der Waals surface area contributed by atoms with E-state index in [4.69, 9.17) is 16.3 Å². The molecule has 4 nitrogen and oxygen atoms in total. The summed E-state index contributed by atoms with van der Waals surface area (Å²) >= 11 is 7.56. The van der Waals surface area contributed by atoms with Crippen LogP contribution in [-0.4, -0.2) is 35.8 Å². The maximum atomic E-state index is 5.97. The molecule has 6 heteroatoms. The summed E-state index contributed by atoms with van der Waals surface area (Å²) in [6.45, 7) is 4.44. The molecule has 2 aromatic heterocycles. The van der Waals surface area contributed by atoms with Gasteiger partial charge in [-0.1, -0.05) is 0 Å². The third kappa shape index (κ3) is 1.99. The van der Waals surface area contributed by atoms with Crippen LogP contribution < -0.4 is 4.90 Å². The zero-order valence-electron chi connectivity index (χ0n) is 9.39. The molecule has 1 fully saturated rings. The minimum absolute atomic E-state index is 0.314. The van der Waals surface area contributed by atoms with Crippen molar-refractivity contribution in [2.75, 3.05) is 24.7 Å². The Morgan fingerprint density at radius 2 is 2.41 bits per heavy atom. The first kappa shape index (κ1) is 11.2. The van der Waals surface area contributed by atoms with Crippen LogP contribution >= 0.6 is 22.9 Å². The number of hydrogen-bond donors (Lipinski definition) is 0. The number of hydrogen-bond acceptors (Lipinski definition) is 5. The zero-order valence-corrected chi connectivity index (χ0v) is 11.0. The van der Waals surface area contributed by atoms with Gasteiger partial charge in [0.15, 0.2) is 0 Å². The lowest BCUT2D eigenvalue weighted by molar-refractivity contribution is 0.0987. The maximum absolute atomic E-state index is 5.97. The first-order valence-corrected chi connectivity index (χ1v) is 6.76. The number of thiophene rings is 1. The molecule has 1 saturated heterocycles. The average Bonchev–Trinajstić information content (AvgIpc) is 2.76. The number of aromatic nitrogens is 2. The molecule has 90 valence electrons. The zero-order chi connectivity index (χ0) is 11.8. The van der Waals surface area contributed by atoms with E-state index in [0.717, 1.165) is 35.8 Å². The van der Waals surface area contributed by atoms with Gasteiger partial charge in [-0.2, -0.15) is 4.98 Å². The number of nitrogens with zero attached hydrogens (tertiary/aromatic N) is 3. The molecule has 0 aromatic carbocycles. The van der Waals surface area contributed by atoms with Gasteiger partial charge in [-0.3, -0.25) is 0 Å². The Balaban J connectivity index is 2.11. The van der Waals surface area contributed by atoms with Gasteiger partial charge in [0.25, 0.3) is 0 Å². The molecule has 0 unspecified atom stereocenters. The van der Waals surface area contributed by atoms with Crippen LogP contribution in [0.2, 0.25) is 5.28 Å². The highest BCUT2D eigenvalue weighted by atomic mass is 35.5. The van der Waals surface area contributed by atoms with Crippen LogP contribution in [0.1, 0.15) is 6.92 Å². The molecule has 1 aliphatic rings. The van der Waals surface area contributed by atoms with Gasteiger partial charge in [-0.25, -0.2) is 4.98 Å².